The summed E-state index contributed by atoms with van der Waals surface area (Å²) in [6.07, 6.45) is 7.16. The van der Waals surface area contributed by atoms with Crippen molar-refractivity contribution < 1.29 is 71.3 Å². The second-order valence-corrected chi connectivity index (χ2v) is 33.0. The molecule has 546 valence electrons. The van der Waals surface area contributed by atoms with Crippen LogP contribution < -0.4 is 0 Å². The summed E-state index contributed by atoms with van der Waals surface area (Å²) >= 11 is 0. The van der Waals surface area contributed by atoms with Gasteiger partial charge in [-0.2, -0.15) is 0 Å². The number of Topliss-reactive ketones (excluding diaryl/α,β-unsaturated/α-hetero) is 2. The van der Waals surface area contributed by atoms with Crippen LogP contribution >= 0.6 is 0 Å². The Morgan fingerprint density at radius 3 is 1.70 bits per heavy atom. The van der Waals surface area contributed by atoms with Crippen molar-refractivity contribution in [1.29, 1.82) is 0 Å². The highest BCUT2D eigenvalue weighted by molar-refractivity contribution is 5.92. The average Bonchev–Trinajstić information content (AvgIpc) is 1.62. The van der Waals surface area contributed by atoms with Crippen LogP contribution in [0.15, 0.2) is 91.0 Å². The molecule has 4 saturated heterocycles. The highest BCUT2D eigenvalue weighted by atomic mass is 16.7. The molecule has 0 spiro atoms. The van der Waals surface area contributed by atoms with Gasteiger partial charge in [0.05, 0.1) is 66.0 Å². The maximum Gasteiger partial charge on any atom is 0.338 e. The summed E-state index contributed by atoms with van der Waals surface area (Å²) in [4.78, 5) is 70.1. The molecule has 0 N–H and O–H groups in total. The van der Waals surface area contributed by atoms with Gasteiger partial charge in [-0.15, -0.1) is 0 Å². The van der Waals surface area contributed by atoms with Gasteiger partial charge < -0.3 is 47.4 Å². The topological polar surface area (TPSA) is 178 Å². The first-order valence-electron chi connectivity index (χ1n) is 38.7. The Balaban J connectivity index is 0.699. The number of hydrogen-bond acceptors (Lipinski definition) is 15. The van der Waals surface area contributed by atoms with E-state index >= 15 is 0 Å². The van der Waals surface area contributed by atoms with Crippen LogP contribution in [0.25, 0.3) is 0 Å². The Morgan fingerprint density at radius 1 is 0.525 bits per heavy atom. The van der Waals surface area contributed by atoms with Crippen molar-refractivity contribution >= 4 is 29.5 Å². The molecule has 0 amide bonds. The number of ketones is 2. The standard InChI is InChI=1S/C84H120O15/c1-16-68-50(7)48(5)53(10)81(94-68)99-74-52(9)51(8)71(93-70(74)18-3)43-63-49(6)54(11)80(96-72(63)46-90-77(87)57-28-22-19-23-29-57)92-61-38-40-83(14)60(42-61)35-36-62-64(83)39-41-84(15)65(62)44-67(86)73(84)55(12)66(85)37-34-47(4)45-91-82-76(98-79(89)59-32-26-21-27-33-59)75(56(13)69(17-2)95-82)97-78(88)58-30-24-20-25-31-58/h19-33,47-56,60-65,68-76,80-82H,16-18,34-46H2,1-15H3/t47-,48-,49+,50-,51?,52+,53?,54?,55+,56-,60?,61?,62?,63+,64?,65?,68?,69?,70?,71-,72?,73?,74-,75-,76?,80+,81-,82+,83?,84?/m0/s1. The number of ether oxygens (including phenoxy) is 10. The first-order valence-corrected chi connectivity index (χ1v) is 38.7. The van der Waals surface area contributed by atoms with Crippen LogP contribution in [0.2, 0.25) is 0 Å². The lowest BCUT2D eigenvalue weighted by molar-refractivity contribution is -0.305. The van der Waals surface area contributed by atoms with E-state index in [4.69, 9.17) is 47.4 Å². The normalized spacial score (nSPS) is 41.2. The summed E-state index contributed by atoms with van der Waals surface area (Å²) in [5.74, 6) is 1.32. The van der Waals surface area contributed by atoms with Crippen molar-refractivity contribution in [2.45, 2.75) is 268 Å². The molecule has 4 aliphatic heterocycles. The molecule has 99 heavy (non-hydrogen) atoms. The minimum Gasteiger partial charge on any atom is -0.459 e. The van der Waals surface area contributed by atoms with E-state index < -0.39 is 48.7 Å². The molecule has 4 saturated carbocycles. The van der Waals surface area contributed by atoms with Gasteiger partial charge in [-0.3, -0.25) is 9.59 Å². The monoisotopic (exact) mass is 1370 g/mol. The Hall–Kier alpha value is -4.87. The van der Waals surface area contributed by atoms with Crippen LogP contribution in [0.1, 0.15) is 225 Å². The fraction of sp³-hybridized carbons (Fsp3) is 0.726. The van der Waals surface area contributed by atoms with Crippen molar-refractivity contribution in [1.82, 2.24) is 0 Å². The van der Waals surface area contributed by atoms with E-state index in [1.54, 1.807) is 60.7 Å². The summed E-state index contributed by atoms with van der Waals surface area (Å²) in [6, 6.07) is 26.7. The zero-order valence-electron chi connectivity index (χ0n) is 62.3. The number of rotatable bonds is 24. The third-order valence-electron chi connectivity index (χ3n) is 27.6. The first kappa shape index (κ1) is 75.3. The third kappa shape index (κ3) is 15.8. The largest absolute Gasteiger partial charge is 0.459 e. The molecule has 8 aliphatic rings. The molecule has 15 heteroatoms. The molecule has 30 atom stereocenters. The zero-order valence-corrected chi connectivity index (χ0v) is 62.3. The minimum atomic E-state index is -1.07. The molecule has 3 aromatic carbocycles. The van der Waals surface area contributed by atoms with Gasteiger partial charge in [0, 0.05) is 42.4 Å². The van der Waals surface area contributed by atoms with Gasteiger partial charge in [0.1, 0.15) is 24.3 Å². The molecule has 3 aromatic rings. The Bertz CT molecular complexity index is 3160. The average molecular weight is 1370 g/mol. The van der Waals surface area contributed by atoms with Gasteiger partial charge in [-0.1, -0.05) is 158 Å². The van der Waals surface area contributed by atoms with Crippen LogP contribution in [0.3, 0.4) is 0 Å². The quantitative estimate of drug-likeness (QED) is 0.0470. The maximum atomic E-state index is 14.6. The molecule has 16 unspecified atom stereocenters. The highest BCUT2D eigenvalue weighted by Gasteiger charge is 2.64. The first-order chi connectivity index (χ1) is 47.4. The second kappa shape index (κ2) is 32.4. The number of esters is 3. The van der Waals surface area contributed by atoms with Gasteiger partial charge in [0.25, 0.3) is 0 Å². The summed E-state index contributed by atoms with van der Waals surface area (Å²) in [7, 11) is 0. The van der Waals surface area contributed by atoms with E-state index in [0.29, 0.717) is 72.0 Å². The predicted molar refractivity (Wildman–Crippen MR) is 379 cm³/mol. The molecular formula is C84H120O15. The maximum absolute atomic E-state index is 14.6. The van der Waals surface area contributed by atoms with E-state index in [9.17, 15) is 24.0 Å². The molecular weight excluding hydrogens is 1250 g/mol. The molecule has 15 nitrogen and oxygen atoms in total. The Morgan fingerprint density at radius 2 is 1.07 bits per heavy atom. The lowest BCUT2D eigenvalue weighted by atomic mass is 9.44. The molecule has 0 aromatic heterocycles. The van der Waals surface area contributed by atoms with Crippen molar-refractivity contribution in [3.63, 3.8) is 0 Å². The molecule has 4 aliphatic carbocycles. The van der Waals surface area contributed by atoms with Crippen LogP contribution in [0.4, 0.5) is 0 Å². The van der Waals surface area contributed by atoms with Crippen molar-refractivity contribution in [3.05, 3.63) is 108 Å². The Labute approximate surface area is 592 Å². The number of benzene rings is 3. The van der Waals surface area contributed by atoms with E-state index in [1.165, 1.54) is 0 Å². The molecule has 11 rings (SSSR count). The fourth-order valence-electron chi connectivity index (χ4n) is 20.4. The SMILES string of the molecule is CCC1O[C@@H](O[C@@H]2C(CC)O[C@@H](C[C@H]3C(COC(=O)c4ccccc4)O[C@@H](OC4CCC5(C)C(CCC6C5CCC5(C)C6CC(=O)C5[C@H](C)C(=O)CC[C@H](C)CO[C@@H]5OC(CC)[C@H](C)[C@H](OC(=O)c6ccccc6)C5OC(=O)c5ccccc5)C4)C(C)[C@H]3C)C(C)[C@H]2C)C(C)[C@@H](C)[C@@H]1C. The van der Waals surface area contributed by atoms with Gasteiger partial charge in [0.2, 0.25) is 0 Å². The second-order valence-electron chi connectivity index (χ2n) is 33.0. The summed E-state index contributed by atoms with van der Waals surface area (Å²) in [5.41, 5.74) is 1.10. The molecule has 0 bridgehead atoms. The van der Waals surface area contributed by atoms with E-state index in [1.807, 2.05) is 58.0 Å². The number of hydrogen-bond donors (Lipinski definition) is 0. The van der Waals surface area contributed by atoms with Crippen LogP contribution in [0, 0.1) is 106 Å². The van der Waals surface area contributed by atoms with Gasteiger partial charge in [0.15, 0.2) is 25.0 Å². The van der Waals surface area contributed by atoms with Crippen LogP contribution in [0.5, 0.6) is 0 Å². The molecule has 4 heterocycles. The van der Waals surface area contributed by atoms with Crippen LogP contribution in [-0.2, 0) is 57.0 Å². The minimum absolute atomic E-state index is 0.0265. The van der Waals surface area contributed by atoms with Crippen LogP contribution in [-0.4, -0.2) is 116 Å². The van der Waals surface area contributed by atoms with Crippen molar-refractivity contribution in [3.8, 4) is 0 Å². The highest BCUT2D eigenvalue weighted by Crippen LogP contribution is 2.68. The fourth-order valence-corrected chi connectivity index (χ4v) is 20.4. The summed E-state index contributed by atoms with van der Waals surface area (Å²) in [6.45, 7) is 33.8. The number of carbonyl (C=O) groups is 5. The zero-order chi connectivity index (χ0) is 70.8. The lowest BCUT2D eigenvalue weighted by Crippen LogP contribution is -2.57. The van der Waals surface area contributed by atoms with Crippen molar-refractivity contribution in [2.24, 2.45) is 106 Å². The van der Waals surface area contributed by atoms with E-state index in [-0.39, 0.29) is 144 Å². The number of fused-ring (bicyclic) bond motifs is 5. The molecule has 8 fully saturated rings. The van der Waals surface area contributed by atoms with Gasteiger partial charge in [-0.05, 0) is 189 Å². The van der Waals surface area contributed by atoms with E-state index in [0.717, 1.165) is 64.2 Å². The smallest absolute Gasteiger partial charge is 0.338 e. The molecule has 0 radical (unpaired) electrons. The summed E-state index contributed by atoms with van der Waals surface area (Å²) < 4.78 is 67.0. The van der Waals surface area contributed by atoms with Crippen molar-refractivity contribution in [2.75, 3.05) is 13.2 Å². The van der Waals surface area contributed by atoms with E-state index in [2.05, 4.69) is 76.2 Å². The number of carbonyl (C=O) groups excluding carboxylic acids is 5. The Kier molecular flexibility index (Phi) is 24.7. The van der Waals surface area contributed by atoms with Gasteiger partial charge in [-0.25, -0.2) is 14.4 Å². The third-order valence-corrected chi connectivity index (χ3v) is 27.6. The summed E-state index contributed by atoms with van der Waals surface area (Å²) in [5, 5.41) is 0. The predicted octanol–water partition coefficient (Wildman–Crippen LogP) is 16.8. The van der Waals surface area contributed by atoms with Gasteiger partial charge >= 0.3 is 17.9 Å². The lowest BCUT2D eigenvalue weighted by Gasteiger charge is -2.61.